The van der Waals surface area contributed by atoms with Crippen LogP contribution in [0.3, 0.4) is 0 Å². The van der Waals surface area contributed by atoms with Crippen LogP contribution in [-0.2, 0) is 0 Å². The summed E-state index contributed by atoms with van der Waals surface area (Å²) < 4.78 is 0. The molecule has 0 unspecified atom stereocenters. The van der Waals surface area contributed by atoms with Gasteiger partial charge in [0, 0.05) is 10.8 Å². The highest BCUT2D eigenvalue weighted by molar-refractivity contribution is 6.25. The molecule has 0 amide bonds. The van der Waals surface area contributed by atoms with Crippen LogP contribution in [0.4, 0.5) is 0 Å². The normalized spacial score (nSPS) is 11.8. The molecule has 1 N–H and O–H groups in total. The van der Waals surface area contributed by atoms with Crippen molar-refractivity contribution in [3.8, 4) is 5.75 Å². The highest BCUT2D eigenvalue weighted by Gasteiger charge is 2.12. The molecule has 0 spiro atoms. The SMILES string of the molecule is Cc1ccc2ccc3cccc4cc(O)c1c2c34. The van der Waals surface area contributed by atoms with E-state index < -0.39 is 0 Å². The van der Waals surface area contributed by atoms with Crippen molar-refractivity contribution in [2.24, 2.45) is 0 Å². The maximum absolute atomic E-state index is 10.3. The van der Waals surface area contributed by atoms with Gasteiger partial charge in [0.25, 0.3) is 0 Å². The molecule has 4 aromatic rings. The monoisotopic (exact) mass is 232 g/mol. The molecule has 4 aromatic carbocycles. The Morgan fingerprint density at radius 1 is 0.722 bits per heavy atom. The molecule has 4 rings (SSSR count). The predicted molar refractivity (Wildman–Crippen MR) is 76.5 cm³/mol. The second kappa shape index (κ2) is 3.14. The first-order valence-electron chi connectivity index (χ1n) is 6.12. The zero-order valence-corrected chi connectivity index (χ0v) is 10.1. The average molecular weight is 232 g/mol. The lowest BCUT2D eigenvalue weighted by Crippen LogP contribution is -1.86. The maximum atomic E-state index is 10.3. The Balaban J connectivity index is 2.50. The minimum absolute atomic E-state index is 0.379. The third kappa shape index (κ3) is 1.06. The number of rotatable bonds is 0. The molecule has 0 aliphatic rings. The lowest BCUT2D eigenvalue weighted by Gasteiger charge is -2.13. The summed E-state index contributed by atoms with van der Waals surface area (Å²) in [4.78, 5) is 0. The summed E-state index contributed by atoms with van der Waals surface area (Å²) in [6.07, 6.45) is 0. The van der Waals surface area contributed by atoms with Crippen molar-refractivity contribution in [3.05, 3.63) is 54.1 Å². The molecular weight excluding hydrogens is 220 g/mol. The van der Waals surface area contributed by atoms with E-state index in [1.54, 1.807) is 0 Å². The Morgan fingerprint density at radius 2 is 1.39 bits per heavy atom. The lowest BCUT2D eigenvalue weighted by atomic mass is 9.92. The number of phenols is 1. The standard InChI is InChI=1S/C17H12O/c1-10-5-6-12-8-7-11-3-2-4-13-9-14(18)15(10)17(12)16(11)13/h2-9,18H,1H3. The summed E-state index contributed by atoms with van der Waals surface area (Å²) in [7, 11) is 0. The van der Waals surface area contributed by atoms with E-state index in [0.29, 0.717) is 5.75 Å². The summed E-state index contributed by atoms with van der Waals surface area (Å²) in [5.41, 5.74) is 1.12. The molecule has 0 aromatic heterocycles. The van der Waals surface area contributed by atoms with Crippen molar-refractivity contribution in [1.82, 2.24) is 0 Å². The Kier molecular flexibility index (Phi) is 1.69. The van der Waals surface area contributed by atoms with E-state index in [1.165, 1.54) is 21.5 Å². The zero-order chi connectivity index (χ0) is 12.3. The van der Waals surface area contributed by atoms with Crippen LogP contribution in [-0.4, -0.2) is 5.11 Å². The summed E-state index contributed by atoms with van der Waals surface area (Å²) in [5, 5.41) is 17.2. The van der Waals surface area contributed by atoms with Crippen molar-refractivity contribution in [1.29, 1.82) is 0 Å². The first-order valence-corrected chi connectivity index (χ1v) is 6.12. The van der Waals surface area contributed by atoms with Crippen LogP contribution < -0.4 is 0 Å². The molecule has 0 fully saturated rings. The number of hydrogen-bond acceptors (Lipinski definition) is 1. The fraction of sp³-hybridized carbons (Fsp3) is 0.0588. The second-order valence-electron chi connectivity index (χ2n) is 4.90. The highest BCUT2D eigenvalue weighted by atomic mass is 16.3. The first kappa shape index (κ1) is 9.72. The van der Waals surface area contributed by atoms with Crippen LogP contribution in [0.25, 0.3) is 32.3 Å². The predicted octanol–water partition coefficient (Wildman–Crippen LogP) is 4.60. The van der Waals surface area contributed by atoms with Gasteiger partial charge in [-0.15, -0.1) is 0 Å². The summed E-state index contributed by atoms with van der Waals surface area (Å²) in [6, 6.07) is 16.6. The summed E-state index contributed by atoms with van der Waals surface area (Å²) >= 11 is 0. The van der Waals surface area contributed by atoms with Gasteiger partial charge in [-0.25, -0.2) is 0 Å². The van der Waals surface area contributed by atoms with Gasteiger partial charge in [-0.3, -0.25) is 0 Å². The van der Waals surface area contributed by atoms with Crippen molar-refractivity contribution < 1.29 is 5.11 Å². The molecule has 0 atom stereocenters. The van der Waals surface area contributed by atoms with Gasteiger partial charge in [-0.05, 0) is 40.1 Å². The minimum atomic E-state index is 0.379. The Labute approximate surface area is 105 Å². The third-order valence-electron chi connectivity index (χ3n) is 3.82. The molecule has 0 aliphatic carbocycles. The maximum Gasteiger partial charge on any atom is 0.124 e. The fourth-order valence-electron chi connectivity index (χ4n) is 3.00. The van der Waals surface area contributed by atoms with Gasteiger partial charge in [0.1, 0.15) is 5.75 Å². The van der Waals surface area contributed by atoms with Crippen LogP contribution >= 0.6 is 0 Å². The summed E-state index contributed by atoms with van der Waals surface area (Å²) in [6.45, 7) is 2.05. The molecular formula is C17H12O. The van der Waals surface area contributed by atoms with Crippen LogP contribution in [0.15, 0.2) is 48.5 Å². The van der Waals surface area contributed by atoms with Gasteiger partial charge in [-0.2, -0.15) is 0 Å². The van der Waals surface area contributed by atoms with E-state index in [0.717, 1.165) is 16.3 Å². The van der Waals surface area contributed by atoms with E-state index in [-0.39, 0.29) is 0 Å². The van der Waals surface area contributed by atoms with Crippen LogP contribution in [0.5, 0.6) is 5.75 Å². The van der Waals surface area contributed by atoms with E-state index in [2.05, 4.69) is 36.4 Å². The molecule has 1 nitrogen and oxygen atoms in total. The topological polar surface area (TPSA) is 20.2 Å². The average Bonchev–Trinajstić information content (AvgIpc) is 2.38. The molecule has 0 bridgehead atoms. The van der Waals surface area contributed by atoms with Gasteiger partial charge < -0.3 is 5.11 Å². The van der Waals surface area contributed by atoms with E-state index >= 15 is 0 Å². The van der Waals surface area contributed by atoms with Gasteiger partial charge in [0.15, 0.2) is 0 Å². The van der Waals surface area contributed by atoms with Crippen molar-refractivity contribution in [3.63, 3.8) is 0 Å². The quantitative estimate of drug-likeness (QED) is 0.439. The third-order valence-corrected chi connectivity index (χ3v) is 3.82. The van der Waals surface area contributed by atoms with E-state index in [4.69, 9.17) is 0 Å². The Bertz CT molecular complexity index is 890. The van der Waals surface area contributed by atoms with Crippen molar-refractivity contribution in [2.75, 3.05) is 0 Å². The number of phenolic OH excluding ortho intramolecular Hbond substituents is 1. The van der Waals surface area contributed by atoms with Crippen LogP contribution in [0.2, 0.25) is 0 Å². The number of aromatic hydroxyl groups is 1. The summed E-state index contributed by atoms with van der Waals surface area (Å²) in [5.74, 6) is 0.379. The van der Waals surface area contributed by atoms with Crippen LogP contribution in [0.1, 0.15) is 5.56 Å². The van der Waals surface area contributed by atoms with Crippen LogP contribution in [0, 0.1) is 6.92 Å². The van der Waals surface area contributed by atoms with E-state index in [1.807, 2.05) is 19.1 Å². The molecule has 0 heterocycles. The zero-order valence-electron chi connectivity index (χ0n) is 10.1. The molecule has 86 valence electrons. The number of benzene rings is 4. The molecule has 0 aliphatic heterocycles. The van der Waals surface area contributed by atoms with Crippen molar-refractivity contribution >= 4 is 32.3 Å². The molecule has 0 saturated heterocycles. The second-order valence-corrected chi connectivity index (χ2v) is 4.90. The number of hydrogen-bond donors (Lipinski definition) is 1. The van der Waals surface area contributed by atoms with Crippen molar-refractivity contribution in [2.45, 2.75) is 6.92 Å². The molecule has 18 heavy (non-hydrogen) atoms. The van der Waals surface area contributed by atoms with Gasteiger partial charge >= 0.3 is 0 Å². The molecule has 0 saturated carbocycles. The highest BCUT2D eigenvalue weighted by Crippen LogP contribution is 2.40. The first-order chi connectivity index (χ1) is 8.75. The Hall–Kier alpha value is -2.28. The Morgan fingerprint density at radius 3 is 2.22 bits per heavy atom. The molecule has 1 heteroatoms. The van der Waals surface area contributed by atoms with Gasteiger partial charge in [0.05, 0.1) is 0 Å². The largest absolute Gasteiger partial charge is 0.507 e. The van der Waals surface area contributed by atoms with Gasteiger partial charge in [-0.1, -0.05) is 42.5 Å². The fourth-order valence-corrected chi connectivity index (χ4v) is 3.00. The van der Waals surface area contributed by atoms with E-state index in [9.17, 15) is 5.11 Å². The molecule has 0 radical (unpaired) electrons. The smallest absolute Gasteiger partial charge is 0.124 e. The number of aryl methyl sites for hydroxylation is 1. The van der Waals surface area contributed by atoms with Gasteiger partial charge in [0.2, 0.25) is 0 Å². The minimum Gasteiger partial charge on any atom is -0.507 e. The lowest BCUT2D eigenvalue weighted by molar-refractivity contribution is 0.482.